The Kier molecular flexibility index (Phi) is 4.77. The highest BCUT2D eigenvalue weighted by atomic mass is 32.1. The minimum atomic E-state index is -0.308. The Hall–Kier alpha value is -1.58. The van der Waals surface area contributed by atoms with Crippen molar-refractivity contribution in [2.24, 2.45) is 0 Å². The number of hydrogen-bond donors (Lipinski definition) is 2. The smallest absolute Gasteiger partial charge is 0.320 e. The quantitative estimate of drug-likeness (QED) is 0.871. The molecular formula is C10H14N6OS2. The van der Waals surface area contributed by atoms with Gasteiger partial charge in [-0.2, -0.15) is 8.75 Å². The van der Waals surface area contributed by atoms with Crippen molar-refractivity contribution in [2.45, 2.75) is 13.1 Å². The lowest BCUT2D eigenvalue weighted by Gasteiger charge is -2.05. The lowest BCUT2D eigenvalue weighted by atomic mass is 10.4. The molecule has 0 saturated carbocycles. The van der Waals surface area contributed by atoms with Crippen LogP contribution in [0.4, 0.5) is 10.6 Å². The van der Waals surface area contributed by atoms with E-state index in [9.17, 15) is 4.79 Å². The van der Waals surface area contributed by atoms with Crippen LogP contribution in [0.15, 0.2) is 11.6 Å². The summed E-state index contributed by atoms with van der Waals surface area (Å²) in [6, 6.07) is -0.308. The Morgan fingerprint density at radius 2 is 2.32 bits per heavy atom. The highest BCUT2D eigenvalue weighted by molar-refractivity contribution is 7.09. The van der Waals surface area contributed by atoms with Crippen molar-refractivity contribution in [3.8, 4) is 0 Å². The molecule has 0 aromatic carbocycles. The van der Waals surface area contributed by atoms with Crippen molar-refractivity contribution in [1.82, 2.24) is 23.9 Å². The summed E-state index contributed by atoms with van der Waals surface area (Å²) in [6.45, 7) is 1.20. The molecule has 19 heavy (non-hydrogen) atoms. The van der Waals surface area contributed by atoms with Gasteiger partial charge in [0.05, 0.1) is 30.2 Å². The van der Waals surface area contributed by atoms with Crippen LogP contribution >= 0.6 is 23.1 Å². The summed E-state index contributed by atoms with van der Waals surface area (Å²) in [7, 11) is 3.99. The van der Waals surface area contributed by atoms with Crippen molar-refractivity contribution >= 4 is 34.9 Å². The minimum absolute atomic E-state index is 0.308. The van der Waals surface area contributed by atoms with Gasteiger partial charge in [0.25, 0.3) is 0 Å². The summed E-state index contributed by atoms with van der Waals surface area (Å²) in [5.74, 6) is 0.454. The molecule has 102 valence electrons. The maximum Gasteiger partial charge on any atom is 0.320 e. The zero-order chi connectivity index (χ0) is 13.7. The Morgan fingerprint density at radius 1 is 1.47 bits per heavy atom. The molecule has 0 unspecified atom stereocenters. The van der Waals surface area contributed by atoms with E-state index in [2.05, 4.69) is 24.4 Å². The molecule has 0 bridgehead atoms. The summed E-state index contributed by atoms with van der Waals surface area (Å²) in [6.07, 6.45) is 1.50. The van der Waals surface area contributed by atoms with Gasteiger partial charge in [-0.05, 0) is 14.1 Å². The van der Waals surface area contributed by atoms with E-state index in [4.69, 9.17) is 0 Å². The molecule has 2 rings (SSSR count). The summed E-state index contributed by atoms with van der Waals surface area (Å²) in [4.78, 5) is 18.0. The van der Waals surface area contributed by atoms with Gasteiger partial charge in [-0.25, -0.2) is 9.78 Å². The van der Waals surface area contributed by atoms with E-state index in [-0.39, 0.29) is 6.03 Å². The molecule has 2 heterocycles. The third kappa shape index (κ3) is 4.54. The first-order chi connectivity index (χ1) is 9.13. The second-order valence-electron chi connectivity index (χ2n) is 4.07. The number of aromatic nitrogens is 3. The SMILES string of the molecule is CN(C)Cc1csc(CNC(=O)Nc2cnsn2)n1. The second-order valence-corrected chi connectivity index (χ2v) is 5.57. The van der Waals surface area contributed by atoms with Crippen molar-refractivity contribution in [2.75, 3.05) is 19.4 Å². The van der Waals surface area contributed by atoms with Gasteiger partial charge < -0.3 is 10.2 Å². The van der Waals surface area contributed by atoms with Crippen LogP contribution in [0.25, 0.3) is 0 Å². The molecule has 0 aliphatic heterocycles. The molecule has 0 spiro atoms. The Bertz CT molecular complexity index is 524. The molecule has 0 aliphatic rings. The molecule has 2 amide bonds. The van der Waals surface area contributed by atoms with Gasteiger partial charge in [-0.1, -0.05) is 0 Å². The maximum atomic E-state index is 11.6. The molecule has 0 atom stereocenters. The molecule has 2 N–H and O–H groups in total. The van der Waals surface area contributed by atoms with E-state index in [1.54, 1.807) is 0 Å². The Labute approximate surface area is 119 Å². The molecule has 2 aromatic rings. The zero-order valence-corrected chi connectivity index (χ0v) is 12.2. The third-order valence-corrected chi connectivity index (χ3v) is 3.46. The second kappa shape index (κ2) is 6.55. The highest BCUT2D eigenvalue weighted by Gasteiger charge is 2.06. The van der Waals surface area contributed by atoms with Gasteiger partial charge in [-0.3, -0.25) is 5.32 Å². The van der Waals surface area contributed by atoms with Gasteiger partial charge >= 0.3 is 6.03 Å². The van der Waals surface area contributed by atoms with E-state index in [0.717, 1.165) is 29.0 Å². The average Bonchev–Trinajstić information content (AvgIpc) is 2.97. The van der Waals surface area contributed by atoms with E-state index in [0.29, 0.717) is 12.4 Å². The first-order valence-electron chi connectivity index (χ1n) is 5.54. The fourth-order valence-corrected chi connectivity index (χ4v) is 2.46. The van der Waals surface area contributed by atoms with Crippen molar-refractivity contribution in [3.05, 3.63) is 22.3 Å². The number of amides is 2. The minimum Gasteiger partial charge on any atom is -0.331 e. The van der Waals surface area contributed by atoms with Gasteiger partial charge in [0.15, 0.2) is 5.82 Å². The lowest BCUT2D eigenvalue weighted by molar-refractivity contribution is 0.251. The Morgan fingerprint density at radius 3 is 3.00 bits per heavy atom. The van der Waals surface area contributed by atoms with Crippen LogP contribution < -0.4 is 10.6 Å². The van der Waals surface area contributed by atoms with Gasteiger partial charge in [0.1, 0.15) is 5.01 Å². The van der Waals surface area contributed by atoms with Crippen molar-refractivity contribution < 1.29 is 4.79 Å². The molecule has 0 aliphatic carbocycles. The van der Waals surface area contributed by atoms with Crippen LogP contribution in [0.1, 0.15) is 10.7 Å². The third-order valence-electron chi connectivity index (χ3n) is 2.08. The van der Waals surface area contributed by atoms with Crippen molar-refractivity contribution in [1.29, 1.82) is 0 Å². The number of thiazole rings is 1. The molecular weight excluding hydrogens is 284 g/mol. The van der Waals surface area contributed by atoms with E-state index >= 15 is 0 Å². The van der Waals surface area contributed by atoms with Crippen molar-refractivity contribution in [3.63, 3.8) is 0 Å². The number of nitrogens with zero attached hydrogens (tertiary/aromatic N) is 4. The summed E-state index contributed by atoms with van der Waals surface area (Å²) in [5.41, 5.74) is 1.01. The molecule has 2 aromatic heterocycles. The van der Waals surface area contributed by atoms with Crippen LogP contribution in [0, 0.1) is 0 Å². The largest absolute Gasteiger partial charge is 0.331 e. The fraction of sp³-hybridized carbons (Fsp3) is 0.400. The zero-order valence-electron chi connectivity index (χ0n) is 10.6. The summed E-state index contributed by atoms with van der Waals surface area (Å²) in [5, 5.41) is 8.19. The Balaban J connectivity index is 1.78. The van der Waals surface area contributed by atoms with Gasteiger partial charge in [0, 0.05) is 11.9 Å². The van der Waals surface area contributed by atoms with Gasteiger partial charge in [-0.15, -0.1) is 11.3 Å². The monoisotopic (exact) mass is 298 g/mol. The molecule has 7 nitrogen and oxygen atoms in total. The van der Waals surface area contributed by atoms with Crippen LogP contribution in [-0.4, -0.2) is 38.8 Å². The number of hydrogen-bond acceptors (Lipinski definition) is 7. The number of anilines is 1. The predicted octanol–water partition coefficient (Wildman–Crippen LogP) is 1.38. The number of urea groups is 1. The van der Waals surface area contributed by atoms with Crippen LogP contribution in [0.3, 0.4) is 0 Å². The first kappa shape index (κ1) is 13.8. The average molecular weight is 298 g/mol. The summed E-state index contributed by atoms with van der Waals surface area (Å²) >= 11 is 2.58. The standard InChI is InChI=1S/C10H14N6OS2/c1-16(2)5-7-6-18-9(13-7)4-11-10(17)14-8-3-12-19-15-8/h3,6H,4-5H2,1-2H3,(H2,11,14,15,17). The number of nitrogens with one attached hydrogen (secondary N) is 2. The lowest BCUT2D eigenvalue weighted by Crippen LogP contribution is -2.28. The number of carbonyl (C=O) groups is 1. The molecule has 0 saturated heterocycles. The highest BCUT2D eigenvalue weighted by Crippen LogP contribution is 2.10. The van der Waals surface area contributed by atoms with E-state index in [1.807, 2.05) is 24.4 Å². The van der Waals surface area contributed by atoms with E-state index < -0.39 is 0 Å². The first-order valence-corrected chi connectivity index (χ1v) is 7.15. The predicted molar refractivity (Wildman–Crippen MR) is 75.3 cm³/mol. The number of rotatable bonds is 5. The normalized spacial score (nSPS) is 10.7. The molecule has 0 radical (unpaired) electrons. The van der Waals surface area contributed by atoms with E-state index in [1.165, 1.54) is 17.5 Å². The van der Waals surface area contributed by atoms with Gasteiger partial charge in [0.2, 0.25) is 0 Å². The molecule has 0 fully saturated rings. The van der Waals surface area contributed by atoms with Crippen LogP contribution in [0.5, 0.6) is 0 Å². The van der Waals surface area contributed by atoms with Crippen LogP contribution in [0.2, 0.25) is 0 Å². The summed E-state index contributed by atoms with van der Waals surface area (Å²) < 4.78 is 7.69. The van der Waals surface area contributed by atoms with Crippen LogP contribution in [-0.2, 0) is 13.1 Å². The maximum absolute atomic E-state index is 11.6. The number of carbonyl (C=O) groups excluding carboxylic acids is 1. The fourth-order valence-electron chi connectivity index (χ4n) is 1.36. The molecule has 9 heteroatoms. The topological polar surface area (TPSA) is 83.0 Å².